The maximum Gasteiger partial charge on any atom is 0.234 e. The Morgan fingerprint density at radius 3 is 1.22 bits per heavy atom. The molecule has 256 valence electrons. The molecule has 49 heavy (non-hydrogen) atoms. The Kier molecular flexibility index (Phi) is 9.97. The van der Waals surface area contributed by atoms with Gasteiger partial charge in [-0.05, 0) is 88.5 Å². The molecule has 0 N–H and O–H groups in total. The lowest BCUT2D eigenvalue weighted by atomic mass is 10.1. The zero-order valence-electron chi connectivity index (χ0n) is 27.9. The van der Waals surface area contributed by atoms with Crippen molar-refractivity contribution in [3.05, 3.63) is 119 Å². The Morgan fingerprint density at radius 2 is 0.837 bits per heavy atom. The van der Waals surface area contributed by atoms with Gasteiger partial charge in [-0.3, -0.25) is 19.4 Å². The van der Waals surface area contributed by atoms with E-state index in [1.54, 1.807) is 28.4 Å². The third kappa shape index (κ3) is 6.88. The van der Waals surface area contributed by atoms with Crippen molar-refractivity contribution in [1.29, 1.82) is 0 Å². The second kappa shape index (κ2) is 14.3. The lowest BCUT2D eigenvalue weighted by molar-refractivity contribution is -0.142. The number of amides is 2. The molecule has 0 spiro atoms. The van der Waals surface area contributed by atoms with E-state index in [0.717, 1.165) is 58.4 Å². The lowest BCUT2D eigenvalue weighted by Gasteiger charge is -2.19. The zero-order valence-corrected chi connectivity index (χ0v) is 27.9. The zero-order chi connectivity index (χ0) is 33.4. The molecule has 6 atom stereocenters. The molecule has 0 bridgehead atoms. The van der Waals surface area contributed by atoms with E-state index in [1.165, 1.54) is 29.1 Å². The summed E-state index contributed by atoms with van der Waals surface area (Å²) in [6.07, 6.45) is 0. The average molecular weight is 663 g/mol. The van der Waals surface area contributed by atoms with Crippen LogP contribution >= 0.6 is 0 Å². The van der Waals surface area contributed by atoms with Gasteiger partial charge in [-0.15, -0.1) is 0 Å². The van der Waals surface area contributed by atoms with Crippen LogP contribution in [0.25, 0.3) is 0 Å². The van der Waals surface area contributed by atoms with Gasteiger partial charge in [0.1, 0.15) is 23.0 Å². The van der Waals surface area contributed by atoms with E-state index in [9.17, 15) is 9.59 Å². The van der Waals surface area contributed by atoms with E-state index in [1.807, 2.05) is 60.7 Å². The molecule has 8 rings (SSSR count). The van der Waals surface area contributed by atoms with Gasteiger partial charge in [0.25, 0.3) is 0 Å². The predicted octanol–water partition coefficient (Wildman–Crippen LogP) is 6.79. The van der Waals surface area contributed by atoms with Crippen LogP contribution in [-0.2, 0) is 22.7 Å². The molecule has 2 saturated heterocycles. The number of piperidine rings is 2. The molecule has 0 aromatic heterocycles. The first-order valence-corrected chi connectivity index (χ1v) is 16.5. The minimum absolute atomic E-state index is 0. The maximum atomic E-state index is 12.6. The Hall–Kier alpha value is -4.82. The van der Waals surface area contributed by atoms with Crippen molar-refractivity contribution >= 4 is 11.8 Å². The fraction of sp³-hybridized carbons (Fsp3) is 0.366. The standard InChI is InChI=1S/C20H19NO4.C20H23NO2.CH4/c1-24-14-7-3-12(4-8-14)11-21-19(22)17-16(18(17)20(21)23)13-5-9-15(25-2)10-6-13;1-22-16-7-3-14(4-8-16)11-21-12-18-19(13-21)20(18)15-5-9-17(23-2)10-6-15;/h3-10,16-18H,11H2,1-2H3;3-10,18-20H,11-13H2,1-2H3;1H4/t16?,17-,18+;18-,19+,20?;. The topological polar surface area (TPSA) is 77.5 Å². The van der Waals surface area contributed by atoms with Crippen molar-refractivity contribution in [2.75, 3.05) is 41.5 Å². The second-order valence-electron chi connectivity index (χ2n) is 13.1. The van der Waals surface area contributed by atoms with Crippen LogP contribution in [0.5, 0.6) is 23.0 Å². The number of rotatable bonds is 10. The van der Waals surface area contributed by atoms with E-state index in [2.05, 4.69) is 41.3 Å². The number of nitrogens with zero attached hydrogens (tertiary/aromatic N) is 2. The monoisotopic (exact) mass is 662 g/mol. The number of methoxy groups -OCH3 is 4. The van der Waals surface area contributed by atoms with Gasteiger partial charge in [-0.1, -0.05) is 56.0 Å². The van der Waals surface area contributed by atoms with Gasteiger partial charge < -0.3 is 18.9 Å². The summed E-state index contributed by atoms with van der Waals surface area (Å²) in [4.78, 5) is 29.3. The first-order valence-electron chi connectivity index (χ1n) is 16.5. The largest absolute Gasteiger partial charge is 0.497 e. The molecule has 2 unspecified atom stereocenters. The summed E-state index contributed by atoms with van der Waals surface area (Å²) < 4.78 is 20.7. The van der Waals surface area contributed by atoms with Crippen molar-refractivity contribution in [2.45, 2.75) is 32.4 Å². The van der Waals surface area contributed by atoms with Gasteiger partial charge in [0, 0.05) is 25.6 Å². The van der Waals surface area contributed by atoms with Gasteiger partial charge in [0.15, 0.2) is 0 Å². The summed E-state index contributed by atoms with van der Waals surface area (Å²) >= 11 is 0. The molecule has 2 aliphatic heterocycles. The first kappa shape index (κ1) is 34.1. The lowest BCUT2D eigenvalue weighted by Crippen LogP contribution is -2.33. The van der Waals surface area contributed by atoms with Gasteiger partial charge >= 0.3 is 0 Å². The molecular weight excluding hydrogens is 616 g/mol. The number of fused-ring (bicyclic) bond motifs is 2. The molecule has 2 aliphatic carbocycles. The fourth-order valence-corrected chi connectivity index (χ4v) is 7.76. The minimum atomic E-state index is -0.209. The van der Waals surface area contributed by atoms with Crippen LogP contribution in [-0.4, -0.2) is 63.1 Å². The summed E-state index contributed by atoms with van der Waals surface area (Å²) in [6.45, 7) is 3.80. The molecule has 4 aliphatic rings. The Morgan fingerprint density at radius 1 is 0.490 bits per heavy atom. The van der Waals surface area contributed by atoms with Crippen LogP contribution in [0, 0.1) is 23.7 Å². The molecular formula is C41H46N2O6. The molecule has 8 heteroatoms. The molecule has 4 aromatic rings. The third-order valence-electron chi connectivity index (χ3n) is 10.5. The van der Waals surface area contributed by atoms with Crippen LogP contribution in [0.2, 0.25) is 0 Å². The smallest absolute Gasteiger partial charge is 0.234 e. The average Bonchev–Trinajstić information content (AvgIpc) is 3.98. The van der Waals surface area contributed by atoms with Crippen LogP contribution in [0.3, 0.4) is 0 Å². The predicted molar refractivity (Wildman–Crippen MR) is 189 cm³/mol. The molecule has 2 amide bonds. The van der Waals surface area contributed by atoms with E-state index in [4.69, 9.17) is 18.9 Å². The number of hydrogen-bond donors (Lipinski definition) is 0. The van der Waals surface area contributed by atoms with Gasteiger partial charge in [0.05, 0.1) is 46.8 Å². The summed E-state index contributed by atoms with van der Waals surface area (Å²) in [5.41, 5.74) is 4.80. The first-order chi connectivity index (χ1) is 23.4. The molecule has 4 aromatic carbocycles. The summed E-state index contributed by atoms with van der Waals surface area (Å²) in [6, 6.07) is 32.1. The Bertz CT molecular complexity index is 1710. The number of ether oxygens (including phenoxy) is 4. The molecule has 2 saturated carbocycles. The van der Waals surface area contributed by atoms with Crippen LogP contribution in [0.1, 0.15) is 41.5 Å². The van der Waals surface area contributed by atoms with Crippen molar-refractivity contribution in [1.82, 2.24) is 9.80 Å². The highest BCUT2D eigenvalue weighted by atomic mass is 16.5. The van der Waals surface area contributed by atoms with Crippen LogP contribution < -0.4 is 18.9 Å². The molecule has 2 heterocycles. The molecule has 0 radical (unpaired) electrons. The van der Waals surface area contributed by atoms with Gasteiger partial charge in [-0.2, -0.15) is 0 Å². The Labute approximate surface area is 289 Å². The number of carbonyl (C=O) groups excluding carboxylic acids is 2. The second-order valence-corrected chi connectivity index (χ2v) is 13.1. The number of imide groups is 1. The summed E-state index contributed by atoms with van der Waals surface area (Å²) in [7, 11) is 6.65. The van der Waals surface area contributed by atoms with E-state index in [0.29, 0.717) is 6.54 Å². The Balaban J connectivity index is 0.000000167. The normalized spacial score (nSPS) is 24.5. The summed E-state index contributed by atoms with van der Waals surface area (Å²) in [5.74, 6) is 5.29. The highest BCUT2D eigenvalue weighted by molar-refractivity contribution is 6.10. The van der Waals surface area contributed by atoms with Gasteiger partial charge in [0.2, 0.25) is 11.8 Å². The van der Waals surface area contributed by atoms with E-state index >= 15 is 0 Å². The fourth-order valence-electron chi connectivity index (χ4n) is 7.76. The van der Waals surface area contributed by atoms with Crippen molar-refractivity contribution in [3.8, 4) is 23.0 Å². The SMILES string of the molecule is C.COc1ccc(CN2C(=O)[C@@H]3C(c4ccc(OC)cc4)[C@@H]3C2=O)cc1.COc1ccc(CN2C[C@@H]3C(c4ccc(OC)cc4)[C@@H]3C2)cc1. The van der Waals surface area contributed by atoms with Crippen molar-refractivity contribution in [2.24, 2.45) is 23.7 Å². The number of carbonyl (C=O) groups is 2. The number of hydrogen-bond acceptors (Lipinski definition) is 7. The van der Waals surface area contributed by atoms with E-state index < -0.39 is 0 Å². The van der Waals surface area contributed by atoms with Gasteiger partial charge in [-0.25, -0.2) is 0 Å². The summed E-state index contributed by atoms with van der Waals surface area (Å²) in [5, 5.41) is 0. The van der Waals surface area contributed by atoms with Crippen molar-refractivity contribution in [3.63, 3.8) is 0 Å². The van der Waals surface area contributed by atoms with E-state index in [-0.39, 0.29) is 37.0 Å². The number of likely N-dealkylation sites (tertiary alicyclic amines) is 2. The van der Waals surface area contributed by atoms with Crippen LogP contribution in [0.4, 0.5) is 0 Å². The van der Waals surface area contributed by atoms with Crippen molar-refractivity contribution < 1.29 is 28.5 Å². The quantitative estimate of drug-likeness (QED) is 0.173. The minimum Gasteiger partial charge on any atom is -0.497 e. The maximum absolute atomic E-state index is 12.6. The highest BCUT2D eigenvalue weighted by Gasteiger charge is 2.67. The molecule has 4 fully saturated rings. The van der Waals surface area contributed by atoms with Crippen LogP contribution in [0.15, 0.2) is 97.1 Å². The number of benzene rings is 4. The highest BCUT2D eigenvalue weighted by Crippen LogP contribution is 2.60. The third-order valence-corrected chi connectivity index (χ3v) is 10.5. The molecule has 8 nitrogen and oxygen atoms in total.